The number of ether oxygens (including phenoxy) is 2. The summed E-state index contributed by atoms with van der Waals surface area (Å²) in [5.41, 5.74) is 0.807. The van der Waals surface area contributed by atoms with Crippen LogP contribution in [0.4, 0.5) is 0 Å². The summed E-state index contributed by atoms with van der Waals surface area (Å²) in [4.78, 5) is 4.37. The van der Waals surface area contributed by atoms with Gasteiger partial charge in [-0.25, -0.2) is 4.98 Å². The van der Waals surface area contributed by atoms with Gasteiger partial charge in [-0.1, -0.05) is 11.6 Å². The second kappa shape index (κ2) is 6.92. The molecule has 0 amide bonds. The molecule has 0 aromatic carbocycles. The van der Waals surface area contributed by atoms with Gasteiger partial charge in [0.25, 0.3) is 0 Å². The zero-order valence-electron chi connectivity index (χ0n) is 10.6. The molecule has 0 spiro atoms. The number of halogens is 1. The van der Waals surface area contributed by atoms with Gasteiger partial charge < -0.3 is 14.8 Å². The van der Waals surface area contributed by atoms with E-state index >= 15 is 0 Å². The van der Waals surface area contributed by atoms with E-state index in [0.717, 1.165) is 25.1 Å². The van der Waals surface area contributed by atoms with Crippen LogP contribution >= 0.6 is 11.6 Å². The minimum absolute atomic E-state index is 0.198. The van der Waals surface area contributed by atoms with Gasteiger partial charge in [-0.05, 0) is 32.4 Å². The maximum Gasteiger partial charge on any atom is 0.213 e. The second-order valence-corrected chi connectivity index (χ2v) is 4.82. The number of nitrogens with zero attached hydrogens (tertiary/aromatic N) is 1. The van der Waals surface area contributed by atoms with Crippen molar-refractivity contribution < 1.29 is 9.47 Å². The van der Waals surface area contributed by atoms with Crippen LogP contribution in [0.3, 0.4) is 0 Å². The lowest BCUT2D eigenvalue weighted by Crippen LogP contribution is -2.26. The van der Waals surface area contributed by atoms with Crippen LogP contribution in [0.5, 0.6) is 5.88 Å². The topological polar surface area (TPSA) is 43.4 Å². The molecule has 2 heterocycles. The minimum atomic E-state index is 0.198. The minimum Gasteiger partial charge on any atom is -0.475 e. The van der Waals surface area contributed by atoms with Gasteiger partial charge in [0, 0.05) is 19.2 Å². The molecule has 1 unspecified atom stereocenters. The van der Waals surface area contributed by atoms with Gasteiger partial charge in [-0.15, -0.1) is 0 Å². The highest BCUT2D eigenvalue weighted by atomic mass is 35.5. The fourth-order valence-electron chi connectivity index (χ4n) is 1.95. The normalized spacial score (nSPS) is 19.8. The van der Waals surface area contributed by atoms with Crippen LogP contribution in [0, 0.1) is 0 Å². The third-order valence-corrected chi connectivity index (χ3v) is 3.27. The Morgan fingerprint density at radius 2 is 2.39 bits per heavy atom. The Labute approximate surface area is 113 Å². The predicted molar refractivity (Wildman–Crippen MR) is 71.1 cm³/mol. The first-order chi connectivity index (χ1) is 8.79. The first-order valence-corrected chi connectivity index (χ1v) is 6.72. The van der Waals surface area contributed by atoms with Crippen molar-refractivity contribution in [3.63, 3.8) is 0 Å². The number of rotatable bonds is 5. The predicted octanol–water partition coefficient (Wildman–Crippen LogP) is 2.40. The van der Waals surface area contributed by atoms with E-state index in [1.807, 2.05) is 13.1 Å². The Balaban J connectivity index is 1.90. The highest BCUT2D eigenvalue weighted by Gasteiger charge is 2.15. The molecule has 1 saturated heterocycles. The van der Waals surface area contributed by atoms with Crippen molar-refractivity contribution in [2.75, 3.05) is 20.3 Å². The van der Waals surface area contributed by atoms with Crippen LogP contribution in [-0.4, -0.2) is 31.3 Å². The molecule has 0 radical (unpaired) electrons. The molecule has 1 aromatic heterocycles. The van der Waals surface area contributed by atoms with Gasteiger partial charge in [-0.3, -0.25) is 0 Å². The number of aromatic nitrogens is 1. The van der Waals surface area contributed by atoms with Crippen LogP contribution in [0.2, 0.25) is 5.02 Å². The van der Waals surface area contributed by atoms with E-state index in [0.29, 0.717) is 24.1 Å². The Morgan fingerprint density at radius 1 is 1.50 bits per heavy atom. The summed E-state index contributed by atoms with van der Waals surface area (Å²) < 4.78 is 11.3. The van der Waals surface area contributed by atoms with Crippen LogP contribution in [0.1, 0.15) is 25.0 Å². The average Bonchev–Trinajstić information content (AvgIpc) is 2.41. The van der Waals surface area contributed by atoms with Crippen LogP contribution in [0.25, 0.3) is 0 Å². The van der Waals surface area contributed by atoms with Crippen LogP contribution in [0.15, 0.2) is 12.1 Å². The van der Waals surface area contributed by atoms with E-state index in [4.69, 9.17) is 21.1 Å². The Hall–Kier alpha value is -0.840. The molecular formula is C13H19ClN2O2. The summed E-state index contributed by atoms with van der Waals surface area (Å²) in [5, 5.41) is 3.69. The van der Waals surface area contributed by atoms with E-state index in [9.17, 15) is 0 Å². The van der Waals surface area contributed by atoms with E-state index in [1.54, 1.807) is 6.07 Å². The van der Waals surface area contributed by atoms with E-state index in [-0.39, 0.29) is 6.10 Å². The quantitative estimate of drug-likeness (QED) is 0.892. The van der Waals surface area contributed by atoms with Gasteiger partial charge in [0.2, 0.25) is 5.88 Å². The molecule has 1 aromatic rings. The van der Waals surface area contributed by atoms with Crippen molar-refractivity contribution in [1.29, 1.82) is 0 Å². The lowest BCUT2D eigenvalue weighted by Gasteiger charge is -2.22. The van der Waals surface area contributed by atoms with Gasteiger partial charge in [0.1, 0.15) is 6.61 Å². The number of pyridine rings is 1. The van der Waals surface area contributed by atoms with Crippen molar-refractivity contribution >= 4 is 11.6 Å². The average molecular weight is 271 g/mol. The van der Waals surface area contributed by atoms with Crippen molar-refractivity contribution in [3.05, 3.63) is 22.8 Å². The zero-order valence-corrected chi connectivity index (χ0v) is 11.4. The third kappa shape index (κ3) is 3.83. The number of hydrogen-bond donors (Lipinski definition) is 1. The fourth-order valence-corrected chi connectivity index (χ4v) is 2.13. The molecule has 2 rings (SSSR count). The van der Waals surface area contributed by atoms with Crippen molar-refractivity contribution in [2.45, 2.75) is 31.9 Å². The highest BCUT2D eigenvalue weighted by Crippen LogP contribution is 2.19. The highest BCUT2D eigenvalue weighted by molar-refractivity contribution is 6.31. The number of nitrogens with one attached hydrogen (secondary N) is 1. The Morgan fingerprint density at radius 3 is 3.11 bits per heavy atom. The third-order valence-electron chi connectivity index (χ3n) is 2.93. The van der Waals surface area contributed by atoms with E-state index in [2.05, 4.69) is 10.3 Å². The molecule has 1 aliphatic rings. The zero-order chi connectivity index (χ0) is 12.8. The molecule has 1 atom stereocenters. The van der Waals surface area contributed by atoms with Crippen molar-refractivity contribution in [2.24, 2.45) is 0 Å². The molecule has 0 saturated carbocycles. The van der Waals surface area contributed by atoms with Crippen molar-refractivity contribution in [1.82, 2.24) is 10.3 Å². The molecule has 1 N–H and O–H groups in total. The molecule has 1 aliphatic heterocycles. The van der Waals surface area contributed by atoms with Gasteiger partial charge >= 0.3 is 0 Å². The van der Waals surface area contributed by atoms with Crippen molar-refractivity contribution in [3.8, 4) is 5.88 Å². The number of hydrogen-bond acceptors (Lipinski definition) is 4. The summed E-state index contributed by atoms with van der Waals surface area (Å²) in [6.07, 6.45) is 3.63. The molecular weight excluding hydrogens is 252 g/mol. The van der Waals surface area contributed by atoms with Gasteiger partial charge in [0.05, 0.1) is 16.8 Å². The van der Waals surface area contributed by atoms with Gasteiger partial charge in [-0.2, -0.15) is 0 Å². The lowest BCUT2D eigenvalue weighted by molar-refractivity contribution is -0.0119. The first kappa shape index (κ1) is 13.6. The molecule has 5 heteroatoms. The molecule has 100 valence electrons. The summed E-state index contributed by atoms with van der Waals surface area (Å²) in [6.45, 7) is 2.04. The first-order valence-electron chi connectivity index (χ1n) is 6.34. The summed E-state index contributed by atoms with van der Waals surface area (Å²) in [6, 6.07) is 3.61. The summed E-state index contributed by atoms with van der Waals surface area (Å²) >= 11 is 6.04. The van der Waals surface area contributed by atoms with E-state index in [1.165, 1.54) is 6.42 Å². The monoisotopic (exact) mass is 270 g/mol. The molecule has 1 fully saturated rings. The Kier molecular flexibility index (Phi) is 5.23. The largest absolute Gasteiger partial charge is 0.475 e. The summed E-state index contributed by atoms with van der Waals surface area (Å²) in [5.74, 6) is 0.610. The molecule has 0 aliphatic carbocycles. The lowest BCUT2D eigenvalue weighted by atomic mass is 10.1. The Bertz CT molecular complexity index is 381. The van der Waals surface area contributed by atoms with E-state index < -0.39 is 0 Å². The van der Waals surface area contributed by atoms with Gasteiger partial charge in [0.15, 0.2) is 0 Å². The smallest absolute Gasteiger partial charge is 0.213 e. The van der Waals surface area contributed by atoms with Crippen LogP contribution in [-0.2, 0) is 11.3 Å². The van der Waals surface area contributed by atoms with Crippen LogP contribution < -0.4 is 10.1 Å². The molecule has 4 nitrogen and oxygen atoms in total. The maximum atomic E-state index is 6.04. The SMILES string of the molecule is CNCc1nc(OCC2CCCCO2)ccc1Cl. The summed E-state index contributed by atoms with van der Waals surface area (Å²) in [7, 11) is 1.86. The second-order valence-electron chi connectivity index (χ2n) is 4.41. The maximum absolute atomic E-state index is 6.04. The molecule has 0 bridgehead atoms. The standard InChI is InChI=1S/C13H19ClN2O2/c1-15-8-12-11(14)5-6-13(16-12)18-9-10-4-2-3-7-17-10/h5-6,10,15H,2-4,7-9H2,1H3. The fraction of sp³-hybridized carbons (Fsp3) is 0.615. The molecule has 18 heavy (non-hydrogen) atoms.